The molecule has 2 aliphatic heterocycles. The van der Waals surface area contributed by atoms with Gasteiger partial charge in [-0.15, -0.1) is 0 Å². The summed E-state index contributed by atoms with van der Waals surface area (Å²) in [4.78, 5) is 7.00. The molecule has 0 radical (unpaired) electrons. The SMILES string of the molecule is Cc1cccc(CCN2CCC3(CC2)C[C@](C)(O)[C@@H](O)CO3)n1. The Morgan fingerprint density at radius 3 is 2.74 bits per heavy atom. The Hall–Kier alpha value is -1.01. The van der Waals surface area contributed by atoms with Crippen molar-refractivity contribution in [1.82, 2.24) is 9.88 Å². The summed E-state index contributed by atoms with van der Waals surface area (Å²) < 4.78 is 5.93. The Morgan fingerprint density at radius 1 is 1.35 bits per heavy atom. The largest absolute Gasteiger partial charge is 0.388 e. The monoisotopic (exact) mass is 320 g/mol. The molecular formula is C18H28N2O3. The Kier molecular flexibility index (Phi) is 4.74. The normalized spacial score (nSPS) is 31.4. The third kappa shape index (κ3) is 3.91. The van der Waals surface area contributed by atoms with E-state index in [4.69, 9.17) is 4.74 Å². The van der Waals surface area contributed by atoms with Gasteiger partial charge < -0.3 is 19.8 Å². The zero-order valence-electron chi connectivity index (χ0n) is 14.2. The number of likely N-dealkylation sites (tertiary alicyclic amines) is 1. The molecule has 0 aliphatic carbocycles. The number of hydrogen-bond acceptors (Lipinski definition) is 5. The standard InChI is InChI=1S/C18H28N2O3/c1-14-4-3-5-15(19-14)6-9-20-10-7-18(8-11-20)13-17(2,22)16(21)12-23-18/h3-5,16,21-22H,6-13H2,1-2H3/t16-,17-/m0/s1. The number of piperidine rings is 1. The highest BCUT2D eigenvalue weighted by atomic mass is 16.5. The van der Waals surface area contributed by atoms with Crippen molar-refractivity contribution in [2.24, 2.45) is 0 Å². The molecule has 1 spiro atoms. The minimum atomic E-state index is -1.04. The van der Waals surface area contributed by atoms with Crippen LogP contribution in [0, 0.1) is 6.92 Å². The minimum Gasteiger partial charge on any atom is -0.388 e. The van der Waals surface area contributed by atoms with Gasteiger partial charge in [-0.3, -0.25) is 4.98 Å². The van der Waals surface area contributed by atoms with E-state index in [1.54, 1.807) is 6.92 Å². The van der Waals surface area contributed by atoms with E-state index in [1.165, 1.54) is 0 Å². The first-order valence-electron chi connectivity index (χ1n) is 8.58. The lowest BCUT2D eigenvalue weighted by Crippen LogP contribution is -2.59. The van der Waals surface area contributed by atoms with E-state index >= 15 is 0 Å². The lowest BCUT2D eigenvalue weighted by atomic mass is 9.76. The summed E-state index contributed by atoms with van der Waals surface area (Å²) in [5, 5.41) is 20.2. The van der Waals surface area contributed by atoms with Crippen molar-refractivity contribution in [2.75, 3.05) is 26.2 Å². The van der Waals surface area contributed by atoms with Crippen LogP contribution in [0.1, 0.15) is 37.6 Å². The summed E-state index contributed by atoms with van der Waals surface area (Å²) >= 11 is 0. The van der Waals surface area contributed by atoms with E-state index in [0.717, 1.165) is 50.3 Å². The topological polar surface area (TPSA) is 65.8 Å². The maximum Gasteiger partial charge on any atom is 0.106 e. The predicted octanol–water partition coefficient (Wildman–Crippen LogP) is 1.30. The van der Waals surface area contributed by atoms with Gasteiger partial charge in [0, 0.05) is 43.9 Å². The van der Waals surface area contributed by atoms with Crippen LogP contribution in [0.15, 0.2) is 18.2 Å². The summed E-state index contributed by atoms with van der Waals surface area (Å²) in [5.74, 6) is 0. The number of ether oxygens (including phenoxy) is 1. The van der Waals surface area contributed by atoms with Crippen molar-refractivity contribution < 1.29 is 14.9 Å². The molecule has 2 aliphatic rings. The number of rotatable bonds is 3. The molecule has 0 bridgehead atoms. The van der Waals surface area contributed by atoms with Crippen LogP contribution < -0.4 is 0 Å². The van der Waals surface area contributed by atoms with Gasteiger partial charge in [0.05, 0.1) is 17.8 Å². The second-order valence-electron chi connectivity index (χ2n) is 7.41. The minimum absolute atomic E-state index is 0.236. The van der Waals surface area contributed by atoms with Crippen molar-refractivity contribution in [3.05, 3.63) is 29.6 Å². The number of aryl methyl sites for hydroxylation is 1. The maximum atomic E-state index is 10.4. The Morgan fingerprint density at radius 2 is 2.09 bits per heavy atom. The predicted molar refractivity (Wildman–Crippen MR) is 88.3 cm³/mol. The molecule has 3 heterocycles. The van der Waals surface area contributed by atoms with Gasteiger partial charge in [0.1, 0.15) is 6.10 Å². The molecule has 0 amide bonds. The van der Waals surface area contributed by atoms with Crippen molar-refractivity contribution in [3.8, 4) is 0 Å². The lowest BCUT2D eigenvalue weighted by molar-refractivity contribution is -0.222. The summed E-state index contributed by atoms with van der Waals surface area (Å²) in [6.07, 6.45) is 2.54. The fourth-order valence-corrected chi connectivity index (χ4v) is 3.77. The Labute approximate surface area is 138 Å². The molecular weight excluding hydrogens is 292 g/mol. The third-order valence-electron chi connectivity index (χ3n) is 5.34. The molecule has 0 saturated carbocycles. The van der Waals surface area contributed by atoms with E-state index in [9.17, 15) is 10.2 Å². The van der Waals surface area contributed by atoms with Gasteiger partial charge in [0.25, 0.3) is 0 Å². The molecule has 3 rings (SSSR count). The first-order valence-corrected chi connectivity index (χ1v) is 8.58. The fraction of sp³-hybridized carbons (Fsp3) is 0.722. The van der Waals surface area contributed by atoms with E-state index in [2.05, 4.69) is 22.0 Å². The summed E-state index contributed by atoms with van der Waals surface area (Å²) in [6, 6.07) is 6.17. The van der Waals surface area contributed by atoms with E-state index in [1.807, 2.05) is 13.0 Å². The van der Waals surface area contributed by atoms with Gasteiger partial charge in [-0.2, -0.15) is 0 Å². The second-order valence-corrected chi connectivity index (χ2v) is 7.41. The van der Waals surface area contributed by atoms with Gasteiger partial charge >= 0.3 is 0 Å². The highest BCUT2D eigenvalue weighted by Gasteiger charge is 2.48. The molecule has 2 N–H and O–H groups in total. The van der Waals surface area contributed by atoms with Crippen LogP contribution in [0.5, 0.6) is 0 Å². The van der Waals surface area contributed by atoms with Gasteiger partial charge in [0.15, 0.2) is 0 Å². The molecule has 1 aromatic rings. The number of aliphatic hydroxyl groups excluding tert-OH is 1. The van der Waals surface area contributed by atoms with E-state index in [-0.39, 0.29) is 12.2 Å². The molecule has 5 nitrogen and oxygen atoms in total. The zero-order valence-corrected chi connectivity index (χ0v) is 14.2. The van der Waals surface area contributed by atoms with Crippen LogP contribution in [-0.2, 0) is 11.2 Å². The van der Waals surface area contributed by atoms with Crippen molar-refractivity contribution in [1.29, 1.82) is 0 Å². The molecule has 5 heteroatoms. The van der Waals surface area contributed by atoms with Gasteiger partial charge in [-0.05, 0) is 38.8 Å². The maximum absolute atomic E-state index is 10.4. The molecule has 23 heavy (non-hydrogen) atoms. The highest BCUT2D eigenvalue weighted by molar-refractivity contribution is 5.10. The summed E-state index contributed by atoms with van der Waals surface area (Å²) in [7, 11) is 0. The summed E-state index contributed by atoms with van der Waals surface area (Å²) in [6.45, 7) is 6.92. The van der Waals surface area contributed by atoms with Crippen LogP contribution >= 0.6 is 0 Å². The molecule has 2 fully saturated rings. The number of pyridine rings is 1. The quantitative estimate of drug-likeness (QED) is 0.879. The van der Waals surface area contributed by atoms with Gasteiger partial charge in [0.2, 0.25) is 0 Å². The summed E-state index contributed by atoms with van der Waals surface area (Å²) in [5.41, 5.74) is 0.911. The molecule has 2 atom stereocenters. The fourth-order valence-electron chi connectivity index (χ4n) is 3.77. The van der Waals surface area contributed by atoms with Gasteiger partial charge in [-0.1, -0.05) is 6.07 Å². The van der Waals surface area contributed by atoms with Crippen molar-refractivity contribution in [3.63, 3.8) is 0 Å². The zero-order chi connectivity index (χ0) is 16.5. The lowest BCUT2D eigenvalue weighted by Gasteiger charge is -2.50. The highest BCUT2D eigenvalue weighted by Crippen LogP contribution is 2.39. The first-order chi connectivity index (χ1) is 10.9. The van der Waals surface area contributed by atoms with Crippen molar-refractivity contribution in [2.45, 2.75) is 56.8 Å². The molecule has 0 unspecified atom stereocenters. The van der Waals surface area contributed by atoms with E-state index in [0.29, 0.717) is 6.42 Å². The van der Waals surface area contributed by atoms with E-state index < -0.39 is 11.7 Å². The smallest absolute Gasteiger partial charge is 0.106 e. The Balaban J connectivity index is 1.51. The van der Waals surface area contributed by atoms with Crippen molar-refractivity contribution >= 4 is 0 Å². The number of aliphatic hydroxyl groups is 2. The average Bonchev–Trinajstić information content (AvgIpc) is 2.51. The van der Waals surface area contributed by atoms with Crippen LogP contribution in [0.4, 0.5) is 0 Å². The van der Waals surface area contributed by atoms with Crippen LogP contribution in [0.25, 0.3) is 0 Å². The van der Waals surface area contributed by atoms with Gasteiger partial charge in [-0.25, -0.2) is 0 Å². The number of hydrogen-bond donors (Lipinski definition) is 2. The Bertz CT molecular complexity index is 539. The molecule has 1 aromatic heterocycles. The van der Waals surface area contributed by atoms with Crippen LogP contribution in [-0.4, -0.2) is 63.6 Å². The molecule has 2 saturated heterocycles. The first kappa shape index (κ1) is 16.8. The van der Waals surface area contributed by atoms with Crippen LogP contribution in [0.3, 0.4) is 0 Å². The number of aromatic nitrogens is 1. The second kappa shape index (κ2) is 6.48. The average molecular weight is 320 g/mol. The molecule has 128 valence electrons. The third-order valence-corrected chi connectivity index (χ3v) is 5.34. The molecule has 0 aromatic carbocycles. The van der Waals surface area contributed by atoms with Crippen LogP contribution in [0.2, 0.25) is 0 Å². The number of nitrogens with zero attached hydrogens (tertiary/aromatic N) is 2.